The van der Waals surface area contributed by atoms with E-state index in [-0.39, 0.29) is 17.5 Å². The van der Waals surface area contributed by atoms with Gasteiger partial charge in [0.15, 0.2) is 24.2 Å². The van der Waals surface area contributed by atoms with Crippen molar-refractivity contribution in [2.75, 3.05) is 11.5 Å². The molecule has 2 aromatic carbocycles. The van der Waals surface area contributed by atoms with E-state index in [1.165, 1.54) is 18.2 Å². The number of carboxylic acids is 1. The van der Waals surface area contributed by atoms with Crippen molar-refractivity contribution in [1.29, 1.82) is 0 Å². The third-order valence-electron chi connectivity index (χ3n) is 2.95. The Bertz CT molecular complexity index is 932. The van der Waals surface area contributed by atoms with Crippen LogP contribution in [0.15, 0.2) is 35.2 Å². The molecule has 0 fully saturated rings. The van der Waals surface area contributed by atoms with Gasteiger partial charge < -0.3 is 14.9 Å². The summed E-state index contributed by atoms with van der Waals surface area (Å²) < 4.78 is 71.7. The zero-order chi connectivity index (χ0) is 18.8. The number of carbonyl (C=O) groups is 1. The highest BCUT2D eigenvalue weighted by Crippen LogP contribution is 2.26. The van der Waals surface area contributed by atoms with Gasteiger partial charge in [0.1, 0.15) is 10.6 Å². The Kier molecular flexibility index (Phi) is 5.18. The molecule has 0 atom stereocenters. The number of carboxylic acid groups (broad SMARTS) is 1. The van der Waals surface area contributed by atoms with Gasteiger partial charge in [-0.05, 0) is 18.2 Å². The summed E-state index contributed by atoms with van der Waals surface area (Å²) in [5.41, 5.74) is -1.48. The lowest BCUT2D eigenvalue weighted by molar-refractivity contribution is 0.0689. The summed E-state index contributed by atoms with van der Waals surface area (Å²) in [6.07, 6.45) is 0. The van der Waals surface area contributed by atoms with Crippen molar-refractivity contribution in [3.05, 3.63) is 53.3 Å². The molecule has 0 unspecified atom stereocenters. The normalized spacial score (nSPS) is 11.2. The van der Waals surface area contributed by atoms with Gasteiger partial charge in [-0.3, -0.25) is 4.72 Å². The second-order valence-electron chi connectivity index (χ2n) is 4.58. The molecule has 0 saturated carbocycles. The van der Waals surface area contributed by atoms with Crippen LogP contribution in [0.25, 0.3) is 0 Å². The van der Waals surface area contributed by atoms with Gasteiger partial charge in [0.2, 0.25) is 0 Å². The predicted molar refractivity (Wildman–Crippen MR) is 78.2 cm³/mol. The van der Waals surface area contributed by atoms with Crippen molar-refractivity contribution in [1.82, 2.24) is 0 Å². The smallest absolute Gasteiger partial charge is 0.338 e. The SMILES string of the molecule is O=C(O)c1cc(S(=O)(=O)Nc2cccc(OCO)c2)c(F)c(F)c1F. The number of sulfonamides is 1. The van der Waals surface area contributed by atoms with Gasteiger partial charge in [-0.1, -0.05) is 6.07 Å². The van der Waals surface area contributed by atoms with Crippen LogP contribution in [-0.4, -0.2) is 31.4 Å². The molecule has 0 bridgehead atoms. The monoisotopic (exact) mass is 377 g/mol. The summed E-state index contributed by atoms with van der Waals surface area (Å²) in [6, 6.07) is 5.26. The van der Waals surface area contributed by atoms with E-state index in [4.69, 9.17) is 14.9 Å². The fraction of sp³-hybridized carbons (Fsp3) is 0.0714. The lowest BCUT2D eigenvalue weighted by Gasteiger charge is -2.12. The summed E-state index contributed by atoms with van der Waals surface area (Å²) in [5.74, 6) is -8.19. The zero-order valence-corrected chi connectivity index (χ0v) is 13.0. The molecule has 0 heterocycles. The van der Waals surface area contributed by atoms with Crippen molar-refractivity contribution in [3.63, 3.8) is 0 Å². The minimum absolute atomic E-state index is 0.0692. The number of benzene rings is 2. The van der Waals surface area contributed by atoms with Crippen molar-refractivity contribution in [2.24, 2.45) is 0 Å². The minimum atomic E-state index is -4.78. The number of nitrogens with one attached hydrogen (secondary N) is 1. The Labute approximate surface area is 139 Å². The molecule has 134 valence electrons. The molecule has 3 N–H and O–H groups in total. The summed E-state index contributed by atoms with van der Waals surface area (Å²) in [4.78, 5) is 9.48. The minimum Gasteiger partial charge on any atom is -0.478 e. The predicted octanol–water partition coefficient (Wildman–Crippen LogP) is 1.93. The molecule has 25 heavy (non-hydrogen) atoms. The molecule has 0 aliphatic heterocycles. The molecule has 0 aliphatic rings. The Morgan fingerprint density at radius 1 is 1.12 bits per heavy atom. The maximum Gasteiger partial charge on any atom is 0.338 e. The third kappa shape index (κ3) is 3.83. The largest absolute Gasteiger partial charge is 0.478 e. The summed E-state index contributed by atoms with van der Waals surface area (Å²) >= 11 is 0. The van der Waals surface area contributed by atoms with Gasteiger partial charge in [-0.2, -0.15) is 0 Å². The van der Waals surface area contributed by atoms with Crippen LogP contribution in [0.4, 0.5) is 18.9 Å². The number of ether oxygens (including phenoxy) is 1. The fourth-order valence-electron chi connectivity index (χ4n) is 1.87. The van der Waals surface area contributed by atoms with Gasteiger partial charge in [-0.25, -0.2) is 26.4 Å². The Morgan fingerprint density at radius 2 is 1.80 bits per heavy atom. The first-order valence-corrected chi connectivity index (χ1v) is 7.93. The molecular weight excluding hydrogens is 367 g/mol. The molecule has 2 aromatic rings. The van der Waals surface area contributed by atoms with Crippen molar-refractivity contribution in [2.45, 2.75) is 4.90 Å². The van der Waals surface area contributed by atoms with Crippen molar-refractivity contribution in [3.8, 4) is 5.75 Å². The number of rotatable bonds is 6. The lowest BCUT2D eigenvalue weighted by Crippen LogP contribution is -2.18. The molecule has 2 rings (SSSR count). The standard InChI is InChI=1S/C14H10F3NO6S/c15-11-9(14(20)21)5-10(12(16)13(11)17)25(22,23)18-7-2-1-3-8(4-7)24-6-19/h1-5,18-19H,6H2,(H,20,21). The van der Waals surface area contributed by atoms with Crippen molar-refractivity contribution < 1.29 is 41.3 Å². The molecule has 7 nitrogen and oxygen atoms in total. The fourth-order valence-corrected chi connectivity index (χ4v) is 3.01. The number of anilines is 1. The average Bonchev–Trinajstić information content (AvgIpc) is 2.52. The van der Waals surface area contributed by atoms with Crippen molar-refractivity contribution >= 4 is 21.7 Å². The Balaban J connectivity index is 2.50. The van der Waals surface area contributed by atoms with Crippen LogP contribution in [0.5, 0.6) is 5.75 Å². The van der Waals surface area contributed by atoms with Crippen LogP contribution in [0.3, 0.4) is 0 Å². The highest BCUT2D eigenvalue weighted by Gasteiger charge is 2.29. The molecule has 0 radical (unpaired) electrons. The number of aromatic carboxylic acids is 1. The van der Waals surface area contributed by atoms with Crippen LogP contribution in [0.1, 0.15) is 10.4 Å². The topological polar surface area (TPSA) is 113 Å². The highest BCUT2D eigenvalue weighted by molar-refractivity contribution is 7.92. The third-order valence-corrected chi connectivity index (χ3v) is 4.33. The molecule has 0 aliphatic carbocycles. The van der Waals surface area contributed by atoms with E-state index in [2.05, 4.69) is 0 Å². The first kappa shape index (κ1) is 18.5. The summed E-state index contributed by atoms with van der Waals surface area (Å²) in [5, 5.41) is 17.4. The van der Waals surface area contributed by atoms with Crippen LogP contribution < -0.4 is 9.46 Å². The van der Waals surface area contributed by atoms with E-state index < -0.39 is 50.7 Å². The lowest BCUT2D eigenvalue weighted by atomic mass is 10.2. The van der Waals surface area contributed by atoms with E-state index >= 15 is 0 Å². The van der Waals surface area contributed by atoms with Gasteiger partial charge in [-0.15, -0.1) is 0 Å². The number of halogens is 3. The number of aliphatic hydroxyl groups excluding tert-OH is 1. The van der Waals surface area contributed by atoms with Gasteiger partial charge in [0.25, 0.3) is 10.0 Å². The van der Waals surface area contributed by atoms with Crippen LogP contribution in [0, 0.1) is 17.5 Å². The number of aliphatic hydroxyl groups is 1. The van der Waals surface area contributed by atoms with Gasteiger partial charge in [0, 0.05) is 6.07 Å². The van der Waals surface area contributed by atoms with Crippen LogP contribution >= 0.6 is 0 Å². The van der Waals surface area contributed by atoms with Crippen LogP contribution in [-0.2, 0) is 10.0 Å². The molecule has 0 aromatic heterocycles. The van der Waals surface area contributed by atoms with Gasteiger partial charge in [0.05, 0.1) is 11.3 Å². The number of hydrogen-bond acceptors (Lipinski definition) is 5. The summed E-state index contributed by atoms with van der Waals surface area (Å²) in [6.45, 7) is -0.685. The molecule has 0 saturated heterocycles. The van der Waals surface area contributed by atoms with E-state index in [1.54, 1.807) is 0 Å². The molecule has 0 spiro atoms. The highest BCUT2D eigenvalue weighted by atomic mass is 32.2. The number of hydrogen-bond donors (Lipinski definition) is 3. The first-order chi connectivity index (χ1) is 11.7. The molecule has 11 heteroatoms. The van der Waals surface area contributed by atoms with E-state index in [1.807, 2.05) is 4.72 Å². The average molecular weight is 377 g/mol. The zero-order valence-electron chi connectivity index (χ0n) is 12.2. The summed E-state index contributed by atoms with van der Waals surface area (Å²) in [7, 11) is -4.78. The quantitative estimate of drug-likeness (QED) is 0.524. The second kappa shape index (κ2) is 6.99. The Hall–Kier alpha value is -2.79. The Morgan fingerprint density at radius 3 is 2.40 bits per heavy atom. The molecule has 0 amide bonds. The maximum absolute atomic E-state index is 13.8. The maximum atomic E-state index is 13.8. The van der Waals surface area contributed by atoms with Crippen LogP contribution in [0.2, 0.25) is 0 Å². The second-order valence-corrected chi connectivity index (χ2v) is 6.23. The van der Waals surface area contributed by atoms with E-state index in [0.717, 1.165) is 6.07 Å². The molecular formula is C14H10F3NO6S. The van der Waals surface area contributed by atoms with Gasteiger partial charge >= 0.3 is 5.97 Å². The first-order valence-electron chi connectivity index (χ1n) is 6.44. The van der Waals surface area contributed by atoms with E-state index in [9.17, 15) is 26.4 Å². The van der Waals surface area contributed by atoms with E-state index in [0.29, 0.717) is 0 Å².